The molecule has 2 atom stereocenters. The molecule has 2 fully saturated rings. The van der Waals surface area contributed by atoms with Crippen LogP contribution in [0.15, 0.2) is 48.5 Å². The fourth-order valence-electron chi connectivity index (χ4n) is 3.77. The molecule has 4 rings (SSSR count). The Hall–Kier alpha value is -3.40. The lowest BCUT2D eigenvalue weighted by Crippen LogP contribution is -2.49. The topological polar surface area (TPSA) is 76.4 Å². The standard InChI is InChI=1S/C22H21FN4O2/c23-19-6-1-2-7-20(19)26-8-10-27(11-9-26)22(29)18-13-17(18)21(28)25-16-5-3-4-15(12-16)14-24/h1-7,12,17-18H,8-11,13H2,(H,25,28). The number of nitrogens with zero attached hydrogens (tertiary/aromatic N) is 3. The number of nitriles is 1. The van der Waals surface area contributed by atoms with Crippen LogP contribution in [-0.2, 0) is 9.59 Å². The van der Waals surface area contributed by atoms with Crippen molar-refractivity contribution in [3.8, 4) is 6.07 Å². The van der Waals surface area contributed by atoms with E-state index in [0.717, 1.165) is 0 Å². The molecule has 1 saturated heterocycles. The minimum absolute atomic E-state index is 0.0101. The van der Waals surface area contributed by atoms with E-state index in [-0.39, 0.29) is 29.5 Å². The van der Waals surface area contributed by atoms with Gasteiger partial charge in [0.2, 0.25) is 11.8 Å². The number of halogens is 1. The van der Waals surface area contributed by atoms with E-state index in [1.807, 2.05) is 11.0 Å². The fourth-order valence-corrected chi connectivity index (χ4v) is 3.77. The molecule has 1 N–H and O–H groups in total. The molecule has 1 heterocycles. The Morgan fingerprint density at radius 2 is 1.79 bits per heavy atom. The average molecular weight is 392 g/mol. The van der Waals surface area contributed by atoms with Crippen LogP contribution in [0.5, 0.6) is 0 Å². The van der Waals surface area contributed by atoms with Crippen LogP contribution in [0.25, 0.3) is 0 Å². The maximum Gasteiger partial charge on any atom is 0.228 e. The molecule has 1 saturated carbocycles. The zero-order valence-electron chi connectivity index (χ0n) is 15.8. The van der Waals surface area contributed by atoms with E-state index in [4.69, 9.17) is 5.26 Å². The first-order valence-corrected chi connectivity index (χ1v) is 9.66. The maximum atomic E-state index is 14.0. The summed E-state index contributed by atoms with van der Waals surface area (Å²) in [5.41, 5.74) is 1.59. The highest BCUT2D eigenvalue weighted by Gasteiger charge is 2.49. The summed E-state index contributed by atoms with van der Waals surface area (Å²) in [6.45, 7) is 2.17. The van der Waals surface area contributed by atoms with Gasteiger partial charge in [-0.05, 0) is 36.8 Å². The maximum absolute atomic E-state index is 14.0. The van der Waals surface area contributed by atoms with Gasteiger partial charge in [0.1, 0.15) is 5.82 Å². The third-order valence-corrected chi connectivity index (χ3v) is 5.49. The molecule has 0 bridgehead atoms. The summed E-state index contributed by atoms with van der Waals surface area (Å²) in [7, 11) is 0. The first-order valence-electron chi connectivity index (χ1n) is 9.66. The summed E-state index contributed by atoms with van der Waals surface area (Å²) in [5, 5.41) is 11.7. The lowest BCUT2D eigenvalue weighted by Gasteiger charge is -2.36. The third-order valence-electron chi connectivity index (χ3n) is 5.49. The molecule has 2 aromatic carbocycles. The summed E-state index contributed by atoms with van der Waals surface area (Å²) in [6, 6.07) is 15.4. The highest BCUT2D eigenvalue weighted by Crippen LogP contribution is 2.41. The predicted molar refractivity (Wildman–Crippen MR) is 107 cm³/mol. The van der Waals surface area contributed by atoms with Crippen LogP contribution in [0.1, 0.15) is 12.0 Å². The normalized spacial score (nSPS) is 20.7. The molecule has 7 heteroatoms. The van der Waals surface area contributed by atoms with Crippen LogP contribution < -0.4 is 10.2 Å². The van der Waals surface area contributed by atoms with Crippen molar-refractivity contribution in [2.24, 2.45) is 11.8 Å². The number of carbonyl (C=O) groups excluding carboxylic acids is 2. The number of anilines is 2. The average Bonchev–Trinajstić information content (AvgIpc) is 3.55. The van der Waals surface area contributed by atoms with E-state index in [1.165, 1.54) is 6.07 Å². The Morgan fingerprint density at radius 3 is 2.52 bits per heavy atom. The molecular weight excluding hydrogens is 371 g/mol. The molecule has 29 heavy (non-hydrogen) atoms. The Labute approximate surface area is 168 Å². The van der Waals surface area contributed by atoms with Gasteiger partial charge >= 0.3 is 0 Å². The lowest BCUT2D eigenvalue weighted by molar-refractivity contribution is -0.134. The number of nitrogens with one attached hydrogen (secondary N) is 1. The largest absolute Gasteiger partial charge is 0.366 e. The SMILES string of the molecule is N#Cc1cccc(NC(=O)C2CC2C(=O)N2CCN(c3ccccc3F)CC2)c1. The van der Waals surface area contributed by atoms with Gasteiger partial charge in [0, 0.05) is 31.9 Å². The number of amides is 2. The second-order valence-electron chi connectivity index (χ2n) is 7.39. The van der Waals surface area contributed by atoms with E-state index >= 15 is 0 Å². The zero-order chi connectivity index (χ0) is 20.4. The van der Waals surface area contributed by atoms with Gasteiger partial charge in [-0.1, -0.05) is 18.2 Å². The minimum atomic E-state index is -0.335. The Bertz CT molecular complexity index is 979. The number of para-hydroxylation sites is 1. The first-order chi connectivity index (χ1) is 14.1. The Balaban J connectivity index is 1.30. The highest BCUT2D eigenvalue weighted by molar-refractivity contribution is 5.99. The van der Waals surface area contributed by atoms with Gasteiger partial charge in [-0.15, -0.1) is 0 Å². The quantitative estimate of drug-likeness (QED) is 0.868. The predicted octanol–water partition coefficient (Wildman–Crippen LogP) is 2.62. The molecule has 0 spiro atoms. The van der Waals surface area contributed by atoms with Crippen molar-refractivity contribution < 1.29 is 14.0 Å². The van der Waals surface area contributed by atoms with Crippen molar-refractivity contribution >= 4 is 23.2 Å². The van der Waals surface area contributed by atoms with Gasteiger partial charge in [0.25, 0.3) is 0 Å². The van der Waals surface area contributed by atoms with Crippen LogP contribution in [-0.4, -0.2) is 42.9 Å². The second kappa shape index (κ2) is 7.92. The molecule has 2 aliphatic rings. The van der Waals surface area contributed by atoms with Crippen molar-refractivity contribution in [1.82, 2.24) is 4.90 Å². The van der Waals surface area contributed by atoms with Gasteiger partial charge in [0.05, 0.1) is 29.2 Å². The summed E-state index contributed by atoms with van der Waals surface area (Å²) in [5.74, 6) is -1.09. The van der Waals surface area contributed by atoms with E-state index in [1.54, 1.807) is 47.4 Å². The highest BCUT2D eigenvalue weighted by atomic mass is 19.1. The zero-order valence-corrected chi connectivity index (χ0v) is 15.8. The van der Waals surface area contributed by atoms with Crippen molar-refractivity contribution in [3.05, 3.63) is 59.9 Å². The molecule has 0 radical (unpaired) electrons. The van der Waals surface area contributed by atoms with Crippen molar-refractivity contribution in [2.45, 2.75) is 6.42 Å². The smallest absolute Gasteiger partial charge is 0.228 e. The number of hydrogen-bond acceptors (Lipinski definition) is 4. The van der Waals surface area contributed by atoms with Gasteiger partial charge in [0.15, 0.2) is 0 Å². The van der Waals surface area contributed by atoms with Crippen molar-refractivity contribution in [2.75, 3.05) is 36.4 Å². The fraction of sp³-hybridized carbons (Fsp3) is 0.318. The number of benzene rings is 2. The Morgan fingerprint density at radius 1 is 1.03 bits per heavy atom. The number of piperazine rings is 1. The van der Waals surface area contributed by atoms with Gasteiger partial charge in [-0.2, -0.15) is 5.26 Å². The van der Waals surface area contributed by atoms with Gasteiger partial charge < -0.3 is 15.1 Å². The molecule has 1 aliphatic carbocycles. The number of rotatable bonds is 4. The van der Waals surface area contributed by atoms with Gasteiger partial charge in [-0.3, -0.25) is 9.59 Å². The first kappa shape index (κ1) is 18.9. The van der Waals surface area contributed by atoms with Gasteiger partial charge in [-0.25, -0.2) is 4.39 Å². The van der Waals surface area contributed by atoms with E-state index in [0.29, 0.717) is 49.5 Å². The minimum Gasteiger partial charge on any atom is -0.366 e. The Kier molecular flexibility index (Phi) is 5.17. The van der Waals surface area contributed by atoms with Crippen LogP contribution >= 0.6 is 0 Å². The van der Waals surface area contributed by atoms with E-state index in [2.05, 4.69) is 5.32 Å². The van der Waals surface area contributed by atoms with Crippen LogP contribution in [0.2, 0.25) is 0 Å². The van der Waals surface area contributed by atoms with Crippen molar-refractivity contribution in [1.29, 1.82) is 5.26 Å². The molecule has 1 aliphatic heterocycles. The molecular formula is C22H21FN4O2. The molecule has 148 valence electrons. The summed E-state index contributed by atoms with van der Waals surface area (Å²) < 4.78 is 14.0. The molecule has 6 nitrogen and oxygen atoms in total. The molecule has 0 aromatic heterocycles. The number of carbonyl (C=O) groups is 2. The third kappa shape index (κ3) is 4.06. The van der Waals surface area contributed by atoms with Crippen LogP contribution in [0.4, 0.5) is 15.8 Å². The number of hydrogen-bond donors (Lipinski definition) is 1. The summed E-state index contributed by atoms with van der Waals surface area (Å²) >= 11 is 0. The monoisotopic (exact) mass is 392 g/mol. The van der Waals surface area contributed by atoms with E-state index < -0.39 is 0 Å². The summed E-state index contributed by atoms with van der Waals surface area (Å²) in [6.07, 6.45) is 0.538. The second-order valence-corrected chi connectivity index (χ2v) is 7.39. The van der Waals surface area contributed by atoms with E-state index in [9.17, 15) is 14.0 Å². The van der Waals surface area contributed by atoms with Crippen LogP contribution in [0, 0.1) is 29.0 Å². The lowest BCUT2D eigenvalue weighted by atomic mass is 10.2. The molecule has 2 unspecified atom stereocenters. The summed E-state index contributed by atoms with van der Waals surface area (Å²) in [4.78, 5) is 28.9. The molecule has 2 amide bonds. The van der Waals surface area contributed by atoms with Crippen LogP contribution in [0.3, 0.4) is 0 Å². The van der Waals surface area contributed by atoms with Crippen molar-refractivity contribution in [3.63, 3.8) is 0 Å². The molecule has 2 aromatic rings.